The van der Waals surface area contributed by atoms with Crippen LogP contribution in [0.15, 0.2) is 6.07 Å². The van der Waals surface area contributed by atoms with E-state index >= 15 is 0 Å². The summed E-state index contributed by atoms with van der Waals surface area (Å²) in [6.45, 7) is 2.09. The fourth-order valence-corrected chi connectivity index (χ4v) is 1.86. The second-order valence-corrected chi connectivity index (χ2v) is 3.94. The van der Waals surface area contributed by atoms with Gasteiger partial charge in [-0.15, -0.1) is 0 Å². The zero-order valence-corrected chi connectivity index (χ0v) is 10.9. The summed E-state index contributed by atoms with van der Waals surface area (Å²) in [7, 11) is 3.01. The molecule has 0 spiro atoms. The maximum absolute atomic E-state index is 11.9. The Kier molecular flexibility index (Phi) is 4.78. The number of benzene rings is 1. The molecule has 1 aromatic carbocycles. The van der Waals surface area contributed by atoms with Gasteiger partial charge < -0.3 is 15.2 Å². The third-order valence-electron chi connectivity index (χ3n) is 2.51. The van der Waals surface area contributed by atoms with E-state index in [1.165, 1.54) is 14.2 Å². The average Bonchev–Trinajstić information content (AvgIpc) is 2.32. The maximum Gasteiger partial charge on any atom is 0.168 e. The smallest absolute Gasteiger partial charge is 0.168 e. The lowest BCUT2D eigenvalue weighted by Crippen LogP contribution is -2.10. The van der Waals surface area contributed by atoms with Gasteiger partial charge in [0.15, 0.2) is 5.78 Å². The van der Waals surface area contributed by atoms with E-state index < -0.39 is 0 Å². The number of ketones is 1. The molecule has 17 heavy (non-hydrogen) atoms. The van der Waals surface area contributed by atoms with Gasteiger partial charge in [-0.2, -0.15) is 0 Å². The van der Waals surface area contributed by atoms with Gasteiger partial charge in [-0.25, -0.2) is 0 Å². The van der Waals surface area contributed by atoms with Crippen molar-refractivity contribution in [3.63, 3.8) is 0 Å². The minimum absolute atomic E-state index is 0.107. The minimum atomic E-state index is -0.107. The Bertz CT molecular complexity index is 432. The first-order valence-corrected chi connectivity index (χ1v) is 5.58. The van der Waals surface area contributed by atoms with Crippen molar-refractivity contribution in [2.24, 2.45) is 5.73 Å². The number of halogens is 1. The molecule has 0 radical (unpaired) electrons. The molecule has 0 fully saturated rings. The first-order valence-electron chi connectivity index (χ1n) is 5.21. The molecule has 0 saturated carbocycles. The summed E-state index contributed by atoms with van der Waals surface area (Å²) >= 11 is 6.14. The Balaban J connectivity index is 3.37. The molecule has 4 nitrogen and oxygen atoms in total. The highest BCUT2D eigenvalue weighted by atomic mass is 35.5. The predicted octanol–water partition coefficient (Wildman–Crippen LogP) is 2.20. The lowest BCUT2D eigenvalue weighted by atomic mass is 10.0. The van der Waals surface area contributed by atoms with E-state index in [0.29, 0.717) is 22.1 Å². The van der Waals surface area contributed by atoms with E-state index in [-0.39, 0.29) is 18.7 Å². The van der Waals surface area contributed by atoms with Crippen molar-refractivity contribution in [3.05, 3.63) is 22.2 Å². The summed E-state index contributed by atoms with van der Waals surface area (Å²) in [6.07, 6.45) is 0.249. The van der Waals surface area contributed by atoms with Crippen LogP contribution in [0.25, 0.3) is 0 Å². The van der Waals surface area contributed by atoms with Gasteiger partial charge in [-0.3, -0.25) is 4.79 Å². The molecule has 5 heteroatoms. The molecular formula is C12H16ClNO3. The molecule has 1 aromatic rings. The number of methoxy groups -OCH3 is 2. The van der Waals surface area contributed by atoms with E-state index in [9.17, 15) is 4.79 Å². The standard InChI is InChI=1S/C12H16ClNO3/c1-7-10(16-2)6-8(9(15)4-5-14)12(17-3)11(7)13/h6H,4-5,14H2,1-3H3. The molecule has 0 aliphatic carbocycles. The normalized spacial score (nSPS) is 10.2. The van der Waals surface area contributed by atoms with Crippen LogP contribution in [-0.4, -0.2) is 26.5 Å². The molecule has 2 N–H and O–H groups in total. The van der Waals surface area contributed by atoms with Crippen LogP contribution >= 0.6 is 11.6 Å². The summed E-state index contributed by atoms with van der Waals surface area (Å²) < 4.78 is 10.3. The molecule has 0 unspecified atom stereocenters. The van der Waals surface area contributed by atoms with Crippen molar-refractivity contribution in [2.45, 2.75) is 13.3 Å². The molecule has 94 valence electrons. The number of nitrogens with two attached hydrogens (primary N) is 1. The fourth-order valence-electron chi connectivity index (χ4n) is 1.59. The number of hydrogen-bond acceptors (Lipinski definition) is 4. The van der Waals surface area contributed by atoms with Gasteiger partial charge in [0.05, 0.1) is 24.8 Å². The van der Waals surface area contributed by atoms with E-state index in [0.717, 1.165) is 5.56 Å². The van der Waals surface area contributed by atoms with Crippen LogP contribution in [0.1, 0.15) is 22.3 Å². The lowest BCUT2D eigenvalue weighted by molar-refractivity contribution is 0.0982. The number of Topliss-reactive ketones (excluding diaryl/α,β-unsaturated/α-hetero) is 1. The van der Waals surface area contributed by atoms with E-state index in [1.54, 1.807) is 13.0 Å². The highest BCUT2D eigenvalue weighted by Crippen LogP contribution is 2.38. The maximum atomic E-state index is 11.9. The fraction of sp³-hybridized carbons (Fsp3) is 0.417. The molecule has 0 heterocycles. The first kappa shape index (κ1) is 13.8. The SMILES string of the molecule is COc1cc(C(=O)CCN)c(OC)c(Cl)c1C. The minimum Gasteiger partial charge on any atom is -0.496 e. The number of carbonyl (C=O) groups is 1. The highest BCUT2D eigenvalue weighted by molar-refractivity contribution is 6.33. The van der Waals surface area contributed by atoms with Crippen molar-refractivity contribution >= 4 is 17.4 Å². The van der Waals surface area contributed by atoms with Crippen LogP contribution < -0.4 is 15.2 Å². The number of ether oxygens (including phenoxy) is 2. The Hall–Kier alpha value is -1.26. The molecule has 0 aliphatic heterocycles. The van der Waals surface area contributed by atoms with Gasteiger partial charge >= 0.3 is 0 Å². The summed E-state index contributed by atoms with van der Waals surface area (Å²) in [5.41, 5.74) is 6.52. The van der Waals surface area contributed by atoms with Crippen LogP contribution in [0.2, 0.25) is 5.02 Å². The number of hydrogen-bond donors (Lipinski definition) is 1. The van der Waals surface area contributed by atoms with Crippen LogP contribution in [0.4, 0.5) is 0 Å². The summed E-state index contributed by atoms with van der Waals surface area (Å²) in [5, 5.41) is 0.396. The molecule has 0 aliphatic rings. The summed E-state index contributed by atoms with van der Waals surface area (Å²) in [6, 6.07) is 1.64. The van der Waals surface area contributed by atoms with Gasteiger partial charge in [0.1, 0.15) is 11.5 Å². The third-order valence-corrected chi connectivity index (χ3v) is 2.97. The lowest BCUT2D eigenvalue weighted by Gasteiger charge is -2.14. The van der Waals surface area contributed by atoms with Gasteiger partial charge in [-0.1, -0.05) is 11.6 Å². The van der Waals surface area contributed by atoms with Crippen molar-refractivity contribution in [1.29, 1.82) is 0 Å². The van der Waals surface area contributed by atoms with Gasteiger partial charge in [0.25, 0.3) is 0 Å². The molecule has 0 aromatic heterocycles. The monoisotopic (exact) mass is 257 g/mol. The summed E-state index contributed by atoms with van der Waals surface area (Å²) in [5.74, 6) is 0.837. The van der Waals surface area contributed by atoms with Crippen LogP contribution in [0.3, 0.4) is 0 Å². The second kappa shape index (κ2) is 5.89. The molecule has 1 rings (SSSR count). The van der Waals surface area contributed by atoms with Gasteiger partial charge in [-0.05, 0) is 19.5 Å². The van der Waals surface area contributed by atoms with Gasteiger partial charge in [0, 0.05) is 12.0 Å². The van der Waals surface area contributed by atoms with E-state index in [1.807, 2.05) is 0 Å². The van der Waals surface area contributed by atoms with Crippen molar-refractivity contribution in [2.75, 3.05) is 20.8 Å². The van der Waals surface area contributed by atoms with Crippen LogP contribution in [-0.2, 0) is 0 Å². The average molecular weight is 258 g/mol. The number of rotatable bonds is 5. The van der Waals surface area contributed by atoms with E-state index in [2.05, 4.69) is 0 Å². The van der Waals surface area contributed by atoms with Crippen molar-refractivity contribution < 1.29 is 14.3 Å². The Morgan fingerprint density at radius 3 is 2.53 bits per heavy atom. The largest absolute Gasteiger partial charge is 0.496 e. The Morgan fingerprint density at radius 2 is 2.06 bits per heavy atom. The molecule has 0 amide bonds. The van der Waals surface area contributed by atoms with E-state index in [4.69, 9.17) is 26.8 Å². The predicted molar refractivity (Wildman–Crippen MR) is 67.3 cm³/mol. The van der Waals surface area contributed by atoms with Crippen molar-refractivity contribution in [3.8, 4) is 11.5 Å². The third kappa shape index (κ3) is 2.70. The zero-order valence-electron chi connectivity index (χ0n) is 10.2. The van der Waals surface area contributed by atoms with Gasteiger partial charge in [0.2, 0.25) is 0 Å². The molecule has 0 atom stereocenters. The highest BCUT2D eigenvalue weighted by Gasteiger charge is 2.19. The Morgan fingerprint density at radius 1 is 1.41 bits per heavy atom. The van der Waals surface area contributed by atoms with Crippen LogP contribution in [0, 0.1) is 6.92 Å². The molecular weight excluding hydrogens is 242 g/mol. The Labute approximate surface area is 106 Å². The molecule has 0 bridgehead atoms. The quantitative estimate of drug-likeness (QED) is 0.822. The number of carbonyl (C=O) groups excluding carboxylic acids is 1. The van der Waals surface area contributed by atoms with Crippen molar-refractivity contribution in [1.82, 2.24) is 0 Å². The summed E-state index contributed by atoms with van der Waals surface area (Å²) in [4.78, 5) is 11.9. The van der Waals surface area contributed by atoms with Crippen LogP contribution in [0.5, 0.6) is 11.5 Å². The molecule has 0 saturated heterocycles. The topological polar surface area (TPSA) is 61.5 Å². The first-order chi connectivity index (χ1) is 8.06. The second-order valence-electron chi connectivity index (χ2n) is 3.56. The zero-order chi connectivity index (χ0) is 13.0.